The Balaban J connectivity index is 0.000000409. The largest absolute Gasteiger partial charge is 0.481 e. The van der Waals surface area contributed by atoms with Crippen molar-refractivity contribution in [2.75, 3.05) is 27.1 Å². The van der Waals surface area contributed by atoms with Crippen molar-refractivity contribution >= 4 is 5.97 Å². The van der Waals surface area contributed by atoms with Gasteiger partial charge in [-0.2, -0.15) is 0 Å². The van der Waals surface area contributed by atoms with Crippen LogP contribution in [0.3, 0.4) is 0 Å². The van der Waals surface area contributed by atoms with Crippen LogP contribution in [0.4, 0.5) is 0 Å². The number of rotatable bonds is 7. The van der Waals surface area contributed by atoms with Gasteiger partial charge in [-0.3, -0.25) is 4.79 Å². The standard InChI is InChI=1S/C9H18O3.C7H15NO2/c1-9(2,3)7-5-11-6-12-8(7)10-4;8-6-4-2-1-3-5-7(9)10/h7-8H,5-6H2,1-4H3;1-6,8H2,(H,9,10)/t7-,8+;/m1./s1. The van der Waals surface area contributed by atoms with Crippen molar-refractivity contribution in [3.63, 3.8) is 0 Å². The summed E-state index contributed by atoms with van der Waals surface area (Å²) >= 11 is 0. The van der Waals surface area contributed by atoms with Crippen LogP contribution in [0.25, 0.3) is 0 Å². The van der Waals surface area contributed by atoms with E-state index < -0.39 is 5.97 Å². The Kier molecular flexibility index (Phi) is 11.5. The lowest BCUT2D eigenvalue weighted by atomic mass is 9.80. The van der Waals surface area contributed by atoms with Crippen molar-refractivity contribution in [3.8, 4) is 0 Å². The number of unbranched alkanes of at least 4 members (excludes halogenated alkanes) is 3. The molecule has 6 heteroatoms. The molecule has 0 amide bonds. The van der Waals surface area contributed by atoms with Gasteiger partial charge in [-0.05, 0) is 24.8 Å². The molecule has 0 aromatic rings. The van der Waals surface area contributed by atoms with Crippen LogP contribution in [0.1, 0.15) is 52.9 Å². The number of hydrogen-bond donors (Lipinski definition) is 2. The quantitative estimate of drug-likeness (QED) is 0.701. The zero-order valence-corrected chi connectivity index (χ0v) is 14.5. The zero-order valence-electron chi connectivity index (χ0n) is 14.5. The lowest BCUT2D eigenvalue weighted by Gasteiger charge is -2.38. The first kappa shape index (κ1) is 21.3. The molecule has 0 saturated carbocycles. The van der Waals surface area contributed by atoms with Gasteiger partial charge in [-0.15, -0.1) is 0 Å². The average Bonchev–Trinajstić information content (AvgIpc) is 2.46. The molecule has 132 valence electrons. The number of nitrogens with two attached hydrogens (primary N) is 1. The molecular weight excluding hydrogens is 286 g/mol. The van der Waals surface area contributed by atoms with E-state index in [0.29, 0.717) is 25.7 Å². The van der Waals surface area contributed by atoms with Gasteiger partial charge in [0.25, 0.3) is 0 Å². The Bertz CT molecular complexity index is 291. The van der Waals surface area contributed by atoms with Gasteiger partial charge in [0.1, 0.15) is 6.79 Å². The van der Waals surface area contributed by atoms with Gasteiger partial charge in [-0.25, -0.2) is 0 Å². The summed E-state index contributed by atoms with van der Waals surface area (Å²) in [4.78, 5) is 10.0. The Morgan fingerprint density at radius 1 is 1.27 bits per heavy atom. The molecule has 0 aliphatic carbocycles. The molecule has 0 unspecified atom stereocenters. The Morgan fingerprint density at radius 2 is 1.91 bits per heavy atom. The molecule has 22 heavy (non-hydrogen) atoms. The third-order valence-electron chi connectivity index (χ3n) is 3.63. The molecular formula is C16H33NO5. The number of methoxy groups -OCH3 is 1. The Labute approximate surface area is 134 Å². The van der Waals surface area contributed by atoms with Crippen molar-refractivity contribution in [1.82, 2.24) is 0 Å². The van der Waals surface area contributed by atoms with Crippen LogP contribution in [0.2, 0.25) is 0 Å². The van der Waals surface area contributed by atoms with Gasteiger partial charge in [0, 0.05) is 19.4 Å². The summed E-state index contributed by atoms with van der Waals surface area (Å²) in [6.45, 7) is 8.30. The van der Waals surface area contributed by atoms with Crippen LogP contribution < -0.4 is 5.73 Å². The summed E-state index contributed by atoms with van der Waals surface area (Å²) < 4.78 is 15.8. The fourth-order valence-corrected chi connectivity index (χ4v) is 2.15. The number of carboxylic acids is 1. The van der Waals surface area contributed by atoms with Gasteiger partial charge in [0.05, 0.1) is 6.61 Å². The Hall–Kier alpha value is -0.690. The number of carbonyl (C=O) groups is 1. The van der Waals surface area contributed by atoms with Crippen molar-refractivity contribution in [2.45, 2.75) is 59.2 Å². The minimum atomic E-state index is -0.701. The summed E-state index contributed by atoms with van der Waals surface area (Å²) in [5, 5.41) is 8.25. The first-order valence-electron chi connectivity index (χ1n) is 7.97. The van der Waals surface area contributed by atoms with E-state index in [-0.39, 0.29) is 11.7 Å². The Morgan fingerprint density at radius 3 is 2.36 bits per heavy atom. The molecule has 1 saturated heterocycles. The third kappa shape index (κ3) is 10.1. The minimum Gasteiger partial charge on any atom is -0.481 e. The average molecular weight is 319 g/mol. The lowest BCUT2D eigenvalue weighted by Crippen LogP contribution is -2.42. The number of aliphatic carboxylic acids is 1. The van der Waals surface area contributed by atoms with Crippen molar-refractivity contribution < 1.29 is 24.1 Å². The van der Waals surface area contributed by atoms with Crippen LogP contribution >= 0.6 is 0 Å². The molecule has 1 heterocycles. The van der Waals surface area contributed by atoms with Crippen molar-refractivity contribution in [1.29, 1.82) is 0 Å². The highest BCUT2D eigenvalue weighted by Crippen LogP contribution is 2.32. The van der Waals surface area contributed by atoms with Gasteiger partial charge in [0.15, 0.2) is 6.29 Å². The first-order valence-corrected chi connectivity index (χ1v) is 7.97. The summed E-state index contributed by atoms with van der Waals surface area (Å²) in [7, 11) is 1.68. The predicted molar refractivity (Wildman–Crippen MR) is 85.4 cm³/mol. The van der Waals surface area contributed by atoms with Gasteiger partial charge >= 0.3 is 5.97 Å². The number of carboxylic acid groups (broad SMARTS) is 1. The van der Waals surface area contributed by atoms with Crippen LogP contribution in [-0.2, 0) is 19.0 Å². The second kappa shape index (κ2) is 11.8. The molecule has 1 aliphatic rings. The maximum Gasteiger partial charge on any atom is 0.303 e. The highest BCUT2D eigenvalue weighted by Gasteiger charge is 2.35. The van der Waals surface area contributed by atoms with Crippen molar-refractivity contribution in [2.24, 2.45) is 17.1 Å². The lowest BCUT2D eigenvalue weighted by molar-refractivity contribution is -0.272. The van der Waals surface area contributed by atoms with E-state index in [9.17, 15) is 4.79 Å². The minimum absolute atomic E-state index is 0.112. The third-order valence-corrected chi connectivity index (χ3v) is 3.63. The van der Waals surface area contributed by atoms with Crippen LogP contribution in [0.5, 0.6) is 0 Å². The molecule has 6 nitrogen and oxygen atoms in total. The predicted octanol–water partition coefficient (Wildman–Crippen LogP) is 2.61. The summed E-state index contributed by atoms with van der Waals surface area (Å²) in [5.41, 5.74) is 5.42. The van der Waals surface area contributed by atoms with E-state index in [0.717, 1.165) is 32.3 Å². The molecule has 0 bridgehead atoms. The molecule has 0 aromatic heterocycles. The van der Waals surface area contributed by atoms with Crippen molar-refractivity contribution in [3.05, 3.63) is 0 Å². The van der Waals surface area contributed by atoms with E-state index in [4.69, 9.17) is 25.1 Å². The zero-order chi connectivity index (χ0) is 17.0. The fourth-order valence-electron chi connectivity index (χ4n) is 2.15. The van der Waals surface area contributed by atoms with Crippen LogP contribution in [0, 0.1) is 11.3 Å². The van der Waals surface area contributed by atoms with Gasteiger partial charge in [-0.1, -0.05) is 33.6 Å². The topological polar surface area (TPSA) is 91.0 Å². The fraction of sp³-hybridized carbons (Fsp3) is 0.938. The molecule has 2 atom stereocenters. The SMILES string of the molecule is CO[C@H]1OCOC[C@H]1C(C)(C)C.NCCCCCCC(=O)O. The molecule has 0 radical (unpaired) electrons. The highest BCUT2D eigenvalue weighted by atomic mass is 16.8. The normalized spacial score (nSPS) is 21.9. The monoisotopic (exact) mass is 319 g/mol. The maximum absolute atomic E-state index is 10.0. The summed E-state index contributed by atoms with van der Waals surface area (Å²) in [6.07, 6.45) is 4.03. The molecule has 1 fully saturated rings. The first-order chi connectivity index (χ1) is 10.3. The second-order valence-electron chi connectivity index (χ2n) is 6.58. The van der Waals surface area contributed by atoms with Crippen LogP contribution in [-0.4, -0.2) is 44.4 Å². The smallest absolute Gasteiger partial charge is 0.303 e. The summed E-state index contributed by atoms with van der Waals surface area (Å²) in [5.74, 6) is -0.385. The molecule has 1 aliphatic heterocycles. The number of ether oxygens (including phenoxy) is 3. The highest BCUT2D eigenvalue weighted by molar-refractivity contribution is 5.66. The van der Waals surface area contributed by atoms with E-state index >= 15 is 0 Å². The van der Waals surface area contributed by atoms with E-state index in [1.165, 1.54) is 0 Å². The molecule has 1 rings (SSSR count). The second-order valence-corrected chi connectivity index (χ2v) is 6.58. The molecule has 0 aromatic carbocycles. The summed E-state index contributed by atoms with van der Waals surface area (Å²) in [6, 6.07) is 0. The van der Waals surface area contributed by atoms with Gasteiger partial charge in [0.2, 0.25) is 0 Å². The van der Waals surface area contributed by atoms with E-state index in [1.807, 2.05) is 0 Å². The molecule has 3 N–H and O–H groups in total. The van der Waals surface area contributed by atoms with E-state index in [1.54, 1.807) is 7.11 Å². The van der Waals surface area contributed by atoms with Gasteiger partial charge < -0.3 is 25.1 Å². The maximum atomic E-state index is 10.0. The van der Waals surface area contributed by atoms with E-state index in [2.05, 4.69) is 20.8 Å². The van der Waals surface area contributed by atoms with Crippen LogP contribution in [0.15, 0.2) is 0 Å². The number of hydrogen-bond acceptors (Lipinski definition) is 5. The molecule has 0 spiro atoms.